The van der Waals surface area contributed by atoms with Crippen molar-refractivity contribution >= 4 is 6.09 Å². The lowest BCUT2D eigenvalue weighted by atomic mass is 9.91. The third-order valence-electron chi connectivity index (χ3n) is 4.16. The van der Waals surface area contributed by atoms with Crippen LogP contribution in [0.25, 0.3) is 0 Å². The van der Waals surface area contributed by atoms with Gasteiger partial charge in [-0.1, -0.05) is 0 Å². The minimum atomic E-state index is -0.500. The molecule has 1 spiro atoms. The Morgan fingerprint density at radius 1 is 1.52 bits per heavy atom. The molecule has 23 heavy (non-hydrogen) atoms. The Hall–Kier alpha value is -1.67. The number of hydrogen-bond acceptors (Lipinski definition) is 6. The van der Waals surface area contributed by atoms with Gasteiger partial charge in [-0.05, 0) is 27.2 Å². The van der Waals surface area contributed by atoms with Gasteiger partial charge in [-0.3, -0.25) is 4.68 Å². The molecule has 0 bridgehead atoms. The summed E-state index contributed by atoms with van der Waals surface area (Å²) in [6.07, 6.45) is 2.12. The topological polar surface area (TPSA) is 81.5 Å². The maximum Gasteiger partial charge on any atom is 0.410 e. The molecule has 1 aromatic heterocycles. The fourth-order valence-electron chi connectivity index (χ4n) is 3.18. The number of ether oxygens (including phenoxy) is 2. The van der Waals surface area contributed by atoms with Crippen LogP contribution >= 0.6 is 0 Å². The fourth-order valence-corrected chi connectivity index (χ4v) is 3.18. The molecule has 8 nitrogen and oxygen atoms in total. The van der Waals surface area contributed by atoms with Gasteiger partial charge in [0.2, 0.25) is 0 Å². The number of morpholine rings is 1. The maximum absolute atomic E-state index is 12.3. The van der Waals surface area contributed by atoms with Crippen molar-refractivity contribution in [1.29, 1.82) is 0 Å². The molecule has 0 saturated carbocycles. The minimum absolute atomic E-state index is 0.120. The molecule has 3 rings (SSSR count). The fraction of sp³-hybridized carbons (Fsp3) is 0.800. The van der Waals surface area contributed by atoms with Crippen molar-refractivity contribution in [2.75, 3.05) is 26.2 Å². The lowest BCUT2D eigenvalue weighted by Gasteiger charge is -2.40. The summed E-state index contributed by atoms with van der Waals surface area (Å²) in [5.74, 6) is 0.707. The van der Waals surface area contributed by atoms with Crippen LogP contribution in [0.1, 0.15) is 39.1 Å². The number of nitrogens with zero attached hydrogens (tertiary/aromatic N) is 4. The number of hydrogen-bond donors (Lipinski definition) is 1. The lowest BCUT2D eigenvalue weighted by molar-refractivity contribution is -0.0921. The van der Waals surface area contributed by atoms with Crippen molar-refractivity contribution < 1.29 is 14.3 Å². The van der Waals surface area contributed by atoms with Gasteiger partial charge in [0.05, 0.1) is 13.2 Å². The second kappa shape index (κ2) is 5.76. The highest BCUT2D eigenvalue weighted by atomic mass is 16.6. The number of amides is 1. The second-order valence-corrected chi connectivity index (χ2v) is 7.23. The van der Waals surface area contributed by atoms with E-state index < -0.39 is 11.2 Å². The molecule has 2 unspecified atom stereocenters. The molecule has 1 aromatic rings. The molecule has 3 heterocycles. The van der Waals surface area contributed by atoms with Crippen LogP contribution in [-0.2, 0) is 16.5 Å². The van der Waals surface area contributed by atoms with Gasteiger partial charge in [-0.25, -0.2) is 9.78 Å². The molecule has 2 fully saturated rings. The van der Waals surface area contributed by atoms with Gasteiger partial charge in [-0.2, -0.15) is 5.10 Å². The Bertz CT molecular complexity index is 582. The van der Waals surface area contributed by atoms with Crippen molar-refractivity contribution in [3.63, 3.8) is 0 Å². The van der Waals surface area contributed by atoms with Gasteiger partial charge in [0.1, 0.15) is 23.6 Å². The normalized spacial score (nSPS) is 28.3. The molecule has 128 valence electrons. The third-order valence-corrected chi connectivity index (χ3v) is 4.16. The predicted molar refractivity (Wildman–Crippen MR) is 82.9 cm³/mol. The van der Waals surface area contributed by atoms with Gasteiger partial charge in [0, 0.05) is 20.1 Å². The number of aryl methyl sites for hydroxylation is 1. The van der Waals surface area contributed by atoms with E-state index in [1.807, 2.05) is 27.8 Å². The van der Waals surface area contributed by atoms with Crippen LogP contribution in [-0.4, -0.2) is 63.2 Å². The van der Waals surface area contributed by atoms with Gasteiger partial charge in [0.25, 0.3) is 0 Å². The number of rotatable bonds is 1. The number of aromatic nitrogens is 3. The van der Waals surface area contributed by atoms with E-state index in [9.17, 15) is 4.79 Å². The van der Waals surface area contributed by atoms with E-state index in [1.165, 1.54) is 0 Å². The summed E-state index contributed by atoms with van der Waals surface area (Å²) in [6, 6.07) is -0.120. The molecule has 2 atom stereocenters. The predicted octanol–water partition coefficient (Wildman–Crippen LogP) is 0.856. The molecule has 0 aromatic carbocycles. The average Bonchev–Trinajstić information content (AvgIpc) is 3.05. The Labute approximate surface area is 136 Å². The van der Waals surface area contributed by atoms with E-state index in [2.05, 4.69) is 15.4 Å². The average molecular weight is 323 g/mol. The second-order valence-electron chi connectivity index (χ2n) is 7.23. The van der Waals surface area contributed by atoms with Gasteiger partial charge in [-0.15, -0.1) is 0 Å². The van der Waals surface area contributed by atoms with Gasteiger partial charge >= 0.3 is 6.09 Å². The van der Waals surface area contributed by atoms with Gasteiger partial charge in [0.15, 0.2) is 5.82 Å². The molecule has 0 radical (unpaired) electrons. The van der Waals surface area contributed by atoms with Crippen LogP contribution in [0.5, 0.6) is 0 Å². The molecule has 0 aliphatic carbocycles. The summed E-state index contributed by atoms with van der Waals surface area (Å²) < 4.78 is 13.3. The van der Waals surface area contributed by atoms with E-state index in [-0.39, 0.29) is 12.1 Å². The Balaban J connectivity index is 1.76. The van der Waals surface area contributed by atoms with Gasteiger partial charge < -0.3 is 19.7 Å². The first-order valence-electron chi connectivity index (χ1n) is 8.00. The van der Waals surface area contributed by atoms with Crippen LogP contribution in [0.3, 0.4) is 0 Å². The zero-order valence-corrected chi connectivity index (χ0v) is 14.2. The summed E-state index contributed by atoms with van der Waals surface area (Å²) >= 11 is 0. The van der Waals surface area contributed by atoms with E-state index in [4.69, 9.17) is 9.47 Å². The third kappa shape index (κ3) is 3.32. The van der Waals surface area contributed by atoms with Crippen molar-refractivity contribution in [2.24, 2.45) is 7.05 Å². The quantitative estimate of drug-likeness (QED) is 0.825. The lowest BCUT2D eigenvalue weighted by Crippen LogP contribution is -2.54. The Morgan fingerprint density at radius 2 is 2.30 bits per heavy atom. The van der Waals surface area contributed by atoms with Crippen molar-refractivity contribution in [3.05, 3.63) is 12.2 Å². The molecular formula is C15H25N5O3. The largest absolute Gasteiger partial charge is 0.444 e. The molecule has 2 aliphatic rings. The SMILES string of the molecule is Cn1cnc(C2NCCOC23CCN(C(=O)OC(C)(C)C)C3)n1. The number of carbonyl (C=O) groups is 1. The summed E-state index contributed by atoms with van der Waals surface area (Å²) in [6.45, 7) is 8.07. The number of nitrogens with one attached hydrogen (secondary N) is 1. The van der Waals surface area contributed by atoms with E-state index >= 15 is 0 Å². The highest BCUT2D eigenvalue weighted by Crippen LogP contribution is 2.38. The Morgan fingerprint density at radius 3 is 2.96 bits per heavy atom. The van der Waals surface area contributed by atoms with Crippen molar-refractivity contribution in [3.8, 4) is 0 Å². The molecule has 2 saturated heterocycles. The smallest absolute Gasteiger partial charge is 0.410 e. The first kappa shape index (κ1) is 16.2. The van der Waals surface area contributed by atoms with Crippen LogP contribution in [0.15, 0.2) is 6.33 Å². The molecule has 1 amide bonds. The van der Waals surface area contributed by atoms with Crippen LogP contribution in [0.2, 0.25) is 0 Å². The first-order valence-corrected chi connectivity index (χ1v) is 8.00. The van der Waals surface area contributed by atoms with Crippen molar-refractivity contribution in [1.82, 2.24) is 25.0 Å². The van der Waals surface area contributed by atoms with E-state index in [0.29, 0.717) is 25.5 Å². The summed E-state index contributed by atoms with van der Waals surface area (Å²) in [4.78, 5) is 18.4. The molecule has 1 N–H and O–H groups in total. The Kier molecular flexibility index (Phi) is 4.05. The minimum Gasteiger partial charge on any atom is -0.444 e. The molecular weight excluding hydrogens is 298 g/mol. The highest BCUT2D eigenvalue weighted by molar-refractivity contribution is 5.68. The first-order chi connectivity index (χ1) is 10.8. The van der Waals surface area contributed by atoms with Crippen molar-refractivity contribution in [2.45, 2.75) is 44.4 Å². The van der Waals surface area contributed by atoms with Crippen LogP contribution in [0.4, 0.5) is 4.79 Å². The summed E-state index contributed by atoms with van der Waals surface area (Å²) in [7, 11) is 1.84. The van der Waals surface area contributed by atoms with E-state index in [1.54, 1.807) is 15.9 Å². The summed E-state index contributed by atoms with van der Waals surface area (Å²) in [5, 5.41) is 7.86. The molecule has 8 heteroatoms. The molecule has 2 aliphatic heterocycles. The zero-order valence-electron chi connectivity index (χ0n) is 14.2. The van der Waals surface area contributed by atoms with Crippen LogP contribution < -0.4 is 5.32 Å². The monoisotopic (exact) mass is 323 g/mol. The maximum atomic E-state index is 12.3. The number of carbonyl (C=O) groups excluding carboxylic acids is 1. The highest BCUT2D eigenvalue weighted by Gasteiger charge is 2.51. The standard InChI is InChI=1S/C15H25N5O3/c1-14(2,3)23-13(21)20-7-5-15(9-20)11(16-6-8-22-15)12-17-10-19(4)18-12/h10-11,16H,5-9H2,1-4H3. The zero-order chi connectivity index (χ0) is 16.7. The van der Waals surface area contributed by atoms with Crippen LogP contribution in [0, 0.1) is 0 Å². The summed E-state index contributed by atoms with van der Waals surface area (Å²) in [5.41, 5.74) is -0.989. The van der Waals surface area contributed by atoms with E-state index in [0.717, 1.165) is 13.0 Å². The number of likely N-dealkylation sites (tertiary alicyclic amines) is 1.